The van der Waals surface area contributed by atoms with Gasteiger partial charge in [0.2, 0.25) is 0 Å². The number of hydrogen-bond donors (Lipinski definition) is 2. The van der Waals surface area contributed by atoms with E-state index in [1.807, 2.05) is 33.9 Å². The molecule has 2 aromatic rings. The van der Waals surface area contributed by atoms with Crippen molar-refractivity contribution in [3.05, 3.63) is 65.2 Å². The largest absolute Gasteiger partial charge is 0.457 e. The maximum atomic E-state index is 12.8. The molecule has 226 valence electrons. The van der Waals surface area contributed by atoms with E-state index in [0.29, 0.717) is 54.3 Å². The van der Waals surface area contributed by atoms with Gasteiger partial charge in [0.05, 0.1) is 11.6 Å². The van der Waals surface area contributed by atoms with Crippen molar-refractivity contribution in [1.29, 1.82) is 0 Å². The predicted octanol–water partition coefficient (Wildman–Crippen LogP) is 6.40. The van der Waals surface area contributed by atoms with E-state index in [1.165, 1.54) is 12.1 Å². The number of benzene rings is 2. The molecule has 2 aromatic carbocycles. The Morgan fingerprint density at radius 3 is 2.12 bits per heavy atom. The van der Waals surface area contributed by atoms with Crippen molar-refractivity contribution in [2.45, 2.75) is 70.8 Å². The van der Waals surface area contributed by atoms with Crippen LogP contribution in [0.1, 0.15) is 58.1 Å². The van der Waals surface area contributed by atoms with Gasteiger partial charge in [0, 0.05) is 42.5 Å². The van der Waals surface area contributed by atoms with Crippen molar-refractivity contribution in [2.24, 2.45) is 27.4 Å². The highest BCUT2D eigenvalue weighted by atomic mass is 19.4. The summed E-state index contributed by atoms with van der Waals surface area (Å²) in [4.78, 5) is 23.7. The lowest BCUT2D eigenvalue weighted by atomic mass is 9.86. The molecule has 2 heterocycles. The number of rotatable bonds is 5. The molecule has 2 atom stereocenters. The van der Waals surface area contributed by atoms with Crippen molar-refractivity contribution in [1.82, 2.24) is 4.90 Å². The molecule has 1 saturated heterocycles. The Balaban J connectivity index is 1.52. The number of halogens is 3. The molecule has 0 spiro atoms. The third-order valence-electron chi connectivity index (χ3n) is 7.19. The summed E-state index contributed by atoms with van der Waals surface area (Å²) in [6.45, 7) is 8.62. The van der Waals surface area contributed by atoms with E-state index < -0.39 is 23.4 Å². The Bertz CT molecular complexity index is 1340. The van der Waals surface area contributed by atoms with E-state index in [4.69, 9.17) is 25.9 Å². The average molecular weight is 586 g/mol. The number of nitrogens with two attached hydrogens (primary N) is 2. The van der Waals surface area contributed by atoms with Gasteiger partial charge < -0.3 is 25.8 Å². The molecule has 0 aromatic heterocycles. The van der Waals surface area contributed by atoms with Crippen LogP contribution in [0.15, 0.2) is 64.1 Å². The first kappa shape index (κ1) is 31.1. The molecule has 0 bridgehead atoms. The molecule has 2 unspecified atom stereocenters. The number of nitrogens with zero attached hydrogens (tertiary/aromatic N) is 3. The summed E-state index contributed by atoms with van der Waals surface area (Å²) in [6.07, 6.45) is -0.805. The predicted molar refractivity (Wildman–Crippen MR) is 158 cm³/mol. The van der Waals surface area contributed by atoms with Crippen LogP contribution in [0.5, 0.6) is 11.5 Å². The molecule has 0 aliphatic carbocycles. The van der Waals surface area contributed by atoms with E-state index in [0.717, 1.165) is 18.6 Å². The lowest BCUT2D eigenvalue weighted by Crippen LogP contribution is -2.43. The van der Waals surface area contributed by atoms with Crippen LogP contribution in [-0.4, -0.2) is 53.8 Å². The summed E-state index contributed by atoms with van der Waals surface area (Å²) in [6, 6.07) is 11.0. The first-order valence-electron chi connectivity index (χ1n) is 14.1. The lowest BCUT2D eigenvalue weighted by molar-refractivity contribution is -0.137. The van der Waals surface area contributed by atoms with Gasteiger partial charge in [-0.1, -0.05) is 6.92 Å². The highest BCUT2D eigenvalue weighted by Gasteiger charge is 2.32. The first-order chi connectivity index (χ1) is 19.7. The second-order valence-corrected chi connectivity index (χ2v) is 11.5. The van der Waals surface area contributed by atoms with Gasteiger partial charge in [-0.3, -0.25) is 4.99 Å². The van der Waals surface area contributed by atoms with Gasteiger partial charge in [-0.15, -0.1) is 0 Å². The molecule has 4 N–H and O–H groups in total. The van der Waals surface area contributed by atoms with Gasteiger partial charge >= 0.3 is 12.3 Å². The second kappa shape index (κ2) is 12.6. The third-order valence-corrected chi connectivity index (χ3v) is 7.19. The molecule has 0 radical (unpaired) electrons. The molecule has 2 aliphatic rings. The summed E-state index contributed by atoms with van der Waals surface area (Å²) >= 11 is 0. The minimum Gasteiger partial charge on any atom is -0.457 e. The quantitative estimate of drug-likeness (QED) is 0.421. The molecule has 11 heteroatoms. The van der Waals surface area contributed by atoms with Crippen molar-refractivity contribution in [2.75, 3.05) is 13.1 Å². The molecule has 8 nitrogen and oxygen atoms in total. The zero-order chi connectivity index (χ0) is 30.7. The minimum atomic E-state index is -4.41. The minimum absolute atomic E-state index is 0.00575. The van der Waals surface area contributed by atoms with Gasteiger partial charge in [-0.2, -0.15) is 13.2 Å². The molecule has 0 saturated carbocycles. The van der Waals surface area contributed by atoms with Gasteiger partial charge in [0.15, 0.2) is 5.84 Å². The number of amides is 1. The van der Waals surface area contributed by atoms with Gasteiger partial charge in [0.1, 0.15) is 17.1 Å². The fourth-order valence-electron chi connectivity index (χ4n) is 4.84. The fraction of sp³-hybridized carbons (Fsp3) is 0.452. The van der Waals surface area contributed by atoms with E-state index in [9.17, 15) is 18.0 Å². The van der Waals surface area contributed by atoms with E-state index in [2.05, 4.69) is 4.99 Å². The molecule has 1 fully saturated rings. The van der Waals surface area contributed by atoms with Crippen LogP contribution in [-0.2, 0) is 10.9 Å². The fourth-order valence-corrected chi connectivity index (χ4v) is 4.84. The molecule has 1 amide bonds. The number of carbonyl (C=O) groups is 1. The summed E-state index contributed by atoms with van der Waals surface area (Å²) in [5, 5.41) is 0. The summed E-state index contributed by atoms with van der Waals surface area (Å²) in [5.74, 6) is 1.21. The Morgan fingerprint density at radius 1 is 1.02 bits per heavy atom. The smallest absolute Gasteiger partial charge is 0.416 e. The number of carbonyl (C=O) groups excluding carboxylic acids is 1. The normalized spacial score (nSPS) is 22.3. The number of piperidine rings is 1. The number of alkyl halides is 3. The number of amidine groups is 1. The van der Waals surface area contributed by atoms with Gasteiger partial charge in [0.25, 0.3) is 0 Å². The van der Waals surface area contributed by atoms with Crippen LogP contribution < -0.4 is 16.2 Å². The van der Waals surface area contributed by atoms with Crippen LogP contribution in [0.25, 0.3) is 5.70 Å². The van der Waals surface area contributed by atoms with Crippen LogP contribution in [0.3, 0.4) is 0 Å². The first-order valence-corrected chi connectivity index (χ1v) is 14.1. The second-order valence-electron chi connectivity index (χ2n) is 11.5. The Kier molecular flexibility index (Phi) is 9.30. The van der Waals surface area contributed by atoms with Gasteiger partial charge in [-0.25, -0.2) is 9.79 Å². The van der Waals surface area contributed by atoms with Crippen molar-refractivity contribution >= 4 is 23.8 Å². The summed E-state index contributed by atoms with van der Waals surface area (Å²) < 4.78 is 49.8. The zero-order valence-electron chi connectivity index (χ0n) is 24.3. The molecular formula is C31H38F3N5O3. The van der Waals surface area contributed by atoms with Crippen LogP contribution in [0.2, 0.25) is 0 Å². The Labute approximate surface area is 244 Å². The zero-order valence-corrected chi connectivity index (χ0v) is 24.3. The molecule has 4 rings (SSSR count). The standard InChI is InChI=1S/C31H38F3N5O3/c1-5-19-18-37-28(38-22-14-16-39(17-15-22)29(40)42-30(2,3)4)25(26(19)35)27(36)20-6-10-23(11-7-20)41-24-12-8-21(9-13-24)31(32,33)34/h6-13,18-19,22,26H,5,14-17,35-36H2,1-4H3. The Hall–Kier alpha value is -3.86. The highest BCUT2D eigenvalue weighted by molar-refractivity contribution is 6.11. The van der Waals surface area contributed by atoms with E-state index in [-0.39, 0.29) is 23.8 Å². The molecule has 42 heavy (non-hydrogen) atoms. The number of aliphatic imine (C=N–C) groups is 2. The Morgan fingerprint density at radius 2 is 1.60 bits per heavy atom. The highest BCUT2D eigenvalue weighted by Crippen LogP contribution is 2.32. The lowest BCUT2D eigenvalue weighted by Gasteiger charge is -2.33. The van der Waals surface area contributed by atoms with Gasteiger partial charge in [-0.05, 0) is 94.1 Å². The van der Waals surface area contributed by atoms with Crippen LogP contribution in [0.4, 0.5) is 18.0 Å². The van der Waals surface area contributed by atoms with E-state index >= 15 is 0 Å². The van der Waals surface area contributed by atoms with Crippen LogP contribution >= 0.6 is 0 Å². The summed E-state index contributed by atoms with van der Waals surface area (Å²) in [5.41, 5.74) is 13.9. The van der Waals surface area contributed by atoms with Crippen molar-refractivity contribution in [3.63, 3.8) is 0 Å². The van der Waals surface area contributed by atoms with Crippen LogP contribution in [0, 0.1) is 5.92 Å². The summed E-state index contributed by atoms with van der Waals surface area (Å²) in [7, 11) is 0. The maximum absolute atomic E-state index is 12.8. The van der Waals surface area contributed by atoms with E-state index in [1.54, 1.807) is 29.2 Å². The number of hydrogen-bond acceptors (Lipinski definition) is 6. The molecule has 2 aliphatic heterocycles. The number of likely N-dealkylation sites (tertiary alicyclic amines) is 1. The van der Waals surface area contributed by atoms with Crippen molar-refractivity contribution in [3.8, 4) is 11.5 Å². The maximum Gasteiger partial charge on any atom is 0.416 e. The van der Waals surface area contributed by atoms with Crippen molar-refractivity contribution < 1.29 is 27.4 Å². The topological polar surface area (TPSA) is 116 Å². The SMILES string of the molecule is CCC1C=NC(=NC2CCN(C(=O)OC(C)(C)C)CC2)C(=C(N)c2ccc(Oc3ccc(C(F)(F)F)cc3)cc2)C1N. The monoisotopic (exact) mass is 585 g/mol. The third kappa shape index (κ3) is 7.70. The average Bonchev–Trinajstić information content (AvgIpc) is 2.93. The number of ether oxygens (including phenoxy) is 2. The molecular weight excluding hydrogens is 547 g/mol.